The molecule has 1 aliphatic heterocycles. The van der Waals surface area contributed by atoms with Gasteiger partial charge >= 0.3 is 0 Å². The van der Waals surface area contributed by atoms with Gasteiger partial charge in [0.15, 0.2) is 0 Å². The van der Waals surface area contributed by atoms with Gasteiger partial charge in [-0.15, -0.1) is 0 Å². The van der Waals surface area contributed by atoms with Gasteiger partial charge in [-0.1, -0.05) is 6.42 Å². The van der Waals surface area contributed by atoms with E-state index in [0.717, 1.165) is 25.6 Å². The van der Waals surface area contributed by atoms with Gasteiger partial charge in [0, 0.05) is 25.7 Å². The third-order valence-electron chi connectivity index (χ3n) is 3.85. The summed E-state index contributed by atoms with van der Waals surface area (Å²) in [7, 11) is 0. The SMILES string of the molecule is C[C@@H]1CN(C(CN)C2CCC2)C[C@H](C)O1. The van der Waals surface area contributed by atoms with Gasteiger partial charge in [-0.25, -0.2) is 0 Å². The van der Waals surface area contributed by atoms with Gasteiger partial charge in [0.2, 0.25) is 0 Å². The molecule has 2 aliphatic rings. The number of rotatable bonds is 3. The molecule has 0 amide bonds. The van der Waals surface area contributed by atoms with Crippen molar-refractivity contribution in [1.82, 2.24) is 4.90 Å². The van der Waals surface area contributed by atoms with Gasteiger partial charge in [-0.2, -0.15) is 0 Å². The van der Waals surface area contributed by atoms with E-state index < -0.39 is 0 Å². The second-order valence-electron chi connectivity index (χ2n) is 5.21. The summed E-state index contributed by atoms with van der Waals surface area (Å²) in [6.07, 6.45) is 4.88. The van der Waals surface area contributed by atoms with E-state index in [9.17, 15) is 0 Å². The van der Waals surface area contributed by atoms with Crippen molar-refractivity contribution in [2.45, 2.75) is 51.4 Å². The third-order valence-corrected chi connectivity index (χ3v) is 3.85. The second-order valence-corrected chi connectivity index (χ2v) is 5.21. The lowest BCUT2D eigenvalue weighted by atomic mass is 9.78. The molecule has 3 atom stereocenters. The predicted octanol–water partition coefficient (Wildman–Crippen LogP) is 1.22. The maximum Gasteiger partial charge on any atom is 0.0678 e. The summed E-state index contributed by atoms with van der Waals surface area (Å²) in [5.41, 5.74) is 5.92. The standard InChI is InChI=1S/C12H24N2O/c1-9-7-14(8-10(2)15-9)12(6-13)11-4-3-5-11/h9-12H,3-8,13H2,1-2H3/t9-,10+,12?. The van der Waals surface area contributed by atoms with Gasteiger partial charge in [-0.05, 0) is 32.6 Å². The van der Waals surface area contributed by atoms with E-state index in [1.165, 1.54) is 19.3 Å². The summed E-state index contributed by atoms with van der Waals surface area (Å²) >= 11 is 0. The molecule has 1 unspecified atom stereocenters. The average molecular weight is 212 g/mol. The largest absolute Gasteiger partial charge is 0.373 e. The van der Waals surface area contributed by atoms with Gasteiger partial charge in [0.05, 0.1) is 12.2 Å². The van der Waals surface area contributed by atoms with Crippen LogP contribution >= 0.6 is 0 Å². The van der Waals surface area contributed by atoms with E-state index in [2.05, 4.69) is 18.7 Å². The number of morpholine rings is 1. The first kappa shape index (κ1) is 11.4. The van der Waals surface area contributed by atoms with E-state index in [1.54, 1.807) is 0 Å². The Hall–Kier alpha value is -0.120. The monoisotopic (exact) mass is 212 g/mol. The van der Waals surface area contributed by atoms with E-state index in [1.807, 2.05) is 0 Å². The molecule has 0 bridgehead atoms. The highest BCUT2D eigenvalue weighted by atomic mass is 16.5. The first-order chi connectivity index (χ1) is 7.20. The van der Waals surface area contributed by atoms with Crippen molar-refractivity contribution in [3.05, 3.63) is 0 Å². The molecule has 88 valence electrons. The smallest absolute Gasteiger partial charge is 0.0678 e. The van der Waals surface area contributed by atoms with Crippen LogP contribution in [0.2, 0.25) is 0 Å². The molecule has 1 saturated carbocycles. The van der Waals surface area contributed by atoms with Crippen LogP contribution in [0.3, 0.4) is 0 Å². The zero-order valence-corrected chi connectivity index (χ0v) is 9.98. The molecule has 2 rings (SSSR count). The molecule has 1 heterocycles. The molecule has 0 aromatic rings. The van der Waals surface area contributed by atoms with Crippen molar-refractivity contribution in [2.75, 3.05) is 19.6 Å². The summed E-state index contributed by atoms with van der Waals surface area (Å²) in [4.78, 5) is 2.56. The Morgan fingerprint density at radius 2 is 1.87 bits per heavy atom. The zero-order chi connectivity index (χ0) is 10.8. The maximum absolute atomic E-state index is 5.92. The maximum atomic E-state index is 5.92. The summed E-state index contributed by atoms with van der Waals surface area (Å²) < 4.78 is 5.76. The summed E-state index contributed by atoms with van der Waals surface area (Å²) in [5.74, 6) is 0.854. The van der Waals surface area contributed by atoms with Crippen molar-refractivity contribution in [3.8, 4) is 0 Å². The van der Waals surface area contributed by atoms with Gasteiger partial charge in [-0.3, -0.25) is 4.90 Å². The summed E-state index contributed by atoms with van der Waals surface area (Å²) in [5, 5.41) is 0. The molecule has 3 heteroatoms. The molecule has 0 spiro atoms. The molecular formula is C12H24N2O. The van der Waals surface area contributed by atoms with Crippen LogP contribution in [0.15, 0.2) is 0 Å². The fourth-order valence-electron chi connectivity index (χ4n) is 2.95. The van der Waals surface area contributed by atoms with Gasteiger partial charge in [0.1, 0.15) is 0 Å². The summed E-state index contributed by atoms with van der Waals surface area (Å²) in [6, 6.07) is 0.604. The van der Waals surface area contributed by atoms with E-state index in [0.29, 0.717) is 18.2 Å². The minimum absolute atomic E-state index is 0.364. The Kier molecular flexibility index (Phi) is 3.65. The van der Waals surface area contributed by atoms with E-state index >= 15 is 0 Å². The number of ether oxygens (including phenoxy) is 1. The van der Waals surface area contributed by atoms with Crippen LogP contribution in [0.25, 0.3) is 0 Å². The average Bonchev–Trinajstić information content (AvgIpc) is 2.08. The van der Waals surface area contributed by atoms with Crippen LogP contribution in [-0.2, 0) is 4.74 Å². The van der Waals surface area contributed by atoms with Gasteiger partial charge in [0.25, 0.3) is 0 Å². The lowest BCUT2D eigenvalue weighted by molar-refractivity contribution is -0.0901. The van der Waals surface area contributed by atoms with E-state index in [4.69, 9.17) is 10.5 Å². The first-order valence-corrected chi connectivity index (χ1v) is 6.30. The Morgan fingerprint density at radius 1 is 1.27 bits per heavy atom. The fraction of sp³-hybridized carbons (Fsp3) is 1.00. The third kappa shape index (κ3) is 2.52. The van der Waals surface area contributed by atoms with Crippen LogP contribution < -0.4 is 5.73 Å². The van der Waals surface area contributed by atoms with Crippen molar-refractivity contribution >= 4 is 0 Å². The van der Waals surface area contributed by atoms with Crippen molar-refractivity contribution in [2.24, 2.45) is 11.7 Å². The van der Waals surface area contributed by atoms with Crippen LogP contribution in [0.4, 0.5) is 0 Å². The topological polar surface area (TPSA) is 38.5 Å². The Labute approximate surface area is 93.0 Å². The minimum Gasteiger partial charge on any atom is -0.373 e. The van der Waals surface area contributed by atoms with E-state index in [-0.39, 0.29) is 0 Å². The predicted molar refractivity (Wildman–Crippen MR) is 61.8 cm³/mol. The number of hydrogen-bond donors (Lipinski definition) is 1. The highest BCUT2D eigenvalue weighted by Crippen LogP contribution is 2.32. The van der Waals surface area contributed by atoms with Crippen LogP contribution in [0.5, 0.6) is 0 Å². The lowest BCUT2D eigenvalue weighted by Crippen LogP contribution is -2.55. The Morgan fingerprint density at radius 3 is 2.27 bits per heavy atom. The quantitative estimate of drug-likeness (QED) is 0.764. The van der Waals surface area contributed by atoms with Crippen LogP contribution in [0, 0.1) is 5.92 Å². The van der Waals surface area contributed by atoms with Crippen molar-refractivity contribution in [3.63, 3.8) is 0 Å². The van der Waals surface area contributed by atoms with Crippen molar-refractivity contribution < 1.29 is 4.74 Å². The van der Waals surface area contributed by atoms with Gasteiger partial charge < -0.3 is 10.5 Å². The molecule has 2 fully saturated rings. The molecule has 0 aromatic carbocycles. The molecule has 1 saturated heterocycles. The molecular weight excluding hydrogens is 188 g/mol. The first-order valence-electron chi connectivity index (χ1n) is 6.30. The summed E-state index contributed by atoms with van der Waals surface area (Å²) in [6.45, 7) is 7.25. The Bertz CT molecular complexity index is 196. The second kappa shape index (κ2) is 4.81. The zero-order valence-electron chi connectivity index (χ0n) is 9.98. The molecule has 3 nitrogen and oxygen atoms in total. The Balaban J connectivity index is 1.93. The molecule has 2 N–H and O–H groups in total. The number of nitrogens with two attached hydrogens (primary N) is 1. The molecule has 1 aliphatic carbocycles. The van der Waals surface area contributed by atoms with Crippen LogP contribution in [0.1, 0.15) is 33.1 Å². The molecule has 0 radical (unpaired) electrons. The minimum atomic E-state index is 0.364. The van der Waals surface area contributed by atoms with Crippen LogP contribution in [-0.4, -0.2) is 42.8 Å². The molecule has 15 heavy (non-hydrogen) atoms. The lowest BCUT2D eigenvalue weighted by Gasteiger charge is -2.45. The molecule has 0 aromatic heterocycles. The highest BCUT2D eigenvalue weighted by Gasteiger charge is 2.34. The number of nitrogens with zero attached hydrogens (tertiary/aromatic N) is 1. The van der Waals surface area contributed by atoms with Crippen molar-refractivity contribution in [1.29, 1.82) is 0 Å². The fourth-order valence-corrected chi connectivity index (χ4v) is 2.95. The highest BCUT2D eigenvalue weighted by molar-refractivity contribution is 4.88. The number of hydrogen-bond acceptors (Lipinski definition) is 3. The normalized spacial score (nSPS) is 36.2.